The van der Waals surface area contributed by atoms with Crippen molar-refractivity contribution >= 4 is 5.91 Å². The fraction of sp³-hybridized carbons (Fsp3) is 0.588. The molecule has 7 heteroatoms. The molecular weight excluding hydrogens is 314 g/mol. The summed E-state index contributed by atoms with van der Waals surface area (Å²) in [5, 5.41) is 13.3. The van der Waals surface area contributed by atoms with E-state index in [4.69, 9.17) is 18.9 Å². The van der Waals surface area contributed by atoms with Crippen molar-refractivity contribution in [2.45, 2.75) is 37.1 Å². The van der Waals surface area contributed by atoms with Gasteiger partial charge in [-0.05, 0) is 18.6 Å². The minimum Gasteiger partial charge on any atom is -0.385 e. The van der Waals surface area contributed by atoms with Crippen molar-refractivity contribution in [3.63, 3.8) is 0 Å². The topological polar surface area (TPSA) is 86.3 Å². The van der Waals surface area contributed by atoms with Gasteiger partial charge in [0.25, 0.3) is 5.91 Å². The fourth-order valence-electron chi connectivity index (χ4n) is 2.83. The van der Waals surface area contributed by atoms with Gasteiger partial charge in [-0.3, -0.25) is 4.79 Å². The van der Waals surface area contributed by atoms with Gasteiger partial charge < -0.3 is 29.4 Å². The average Bonchev–Trinajstić information content (AvgIpc) is 2.64. The van der Waals surface area contributed by atoms with E-state index in [-0.39, 0.29) is 12.3 Å². The van der Waals surface area contributed by atoms with Gasteiger partial charge in [0, 0.05) is 33.4 Å². The molecule has 2 rings (SSSR count). The number of ether oxygens (including phenoxy) is 4. The van der Waals surface area contributed by atoms with E-state index < -0.39 is 24.3 Å². The maximum absolute atomic E-state index is 12.0. The van der Waals surface area contributed by atoms with Gasteiger partial charge in [0.05, 0.1) is 12.5 Å². The summed E-state index contributed by atoms with van der Waals surface area (Å²) in [6, 6.07) is 8.93. The summed E-state index contributed by atoms with van der Waals surface area (Å²) in [5.41, 5.74) is 0.584. The Morgan fingerprint density at radius 1 is 1.29 bits per heavy atom. The van der Waals surface area contributed by atoms with E-state index in [2.05, 4.69) is 5.32 Å². The Kier molecular flexibility index (Phi) is 6.70. The van der Waals surface area contributed by atoms with Crippen molar-refractivity contribution in [2.75, 3.05) is 27.9 Å². The van der Waals surface area contributed by atoms with Crippen molar-refractivity contribution in [3.05, 3.63) is 35.9 Å². The Morgan fingerprint density at radius 3 is 2.54 bits per heavy atom. The molecule has 134 valence electrons. The van der Waals surface area contributed by atoms with E-state index in [1.54, 1.807) is 24.3 Å². The third kappa shape index (κ3) is 4.12. The number of rotatable bonds is 7. The minimum absolute atomic E-state index is 0.172. The van der Waals surface area contributed by atoms with Gasteiger partial charge in [-0.15, -0.1) is 0 Å². The molecule has 3 atom stereocenters. The Labute approximate surface area is 141 Å². The first-order chi connectivity index (χ1) is 11.6. The molecule has 1 aliphatic rings. The van der Waals surface area contributed by atoms with Crippen molar-refractivity contribution in [2.24, 2.45) is 0 Å². The van der Waals surface area contributed by atoms with Gasteiger partial charge >= 0.3 is 0 Å². The number of benzene rings is 1. The highest BCUT2D eigenvalue weighted by molar-refractivity contribution is 5.94. The van der Waals surface area contributed by atoms with E-state index in [1.807, 2.05) is 6.07 Å². The van der Waals surface area contributed by atoms with Crippen LogP contribution in [0, 0.1) is 0 Å². The molecule has 0 saturated carbocycles. The number of carbonyl (C=O) groups excluding carboxylic acids is 1. The molecule has 0 unspecified atom stereocenters. The number of carbonyl (C=O) groups is 1. The standard InChI is InChI=1S/C17H25NO6/c1-21-14-11-17(22-2,23-3)15(19)13(24-14)9-10-18-16(20)12-7-5-4-6-8-12/h4-8,13-15,19H,9-11H2,1-3H3,(H,18,20)/t13-,14-,15-/m1/s1. The van der Waals surface area contributed by atoms with Crippen LogP contribution in [0.4, 0.5) is 0 Å². The van der Waals surface area contributed by atoms with Crippen LogP contribution in [0.5, 0.6) is 0 Å². The Hall–Kier alpha value is -1.51. The van der Waals surface area contributed by atoms with Gasteiger partial charge in [-0.1, -0.05) is 18.2 Å². The van der Waals surface area contributed by atoms with E-state index in [1.165, 1.54) is 21.3 Å². The zero-order chi connectivity index (χ0) is 17.6. The van der Waals surface area contributed by atoms with Crippen molar-refractivity contribution in [3.8, 4) is 0 Å². The maximum atomic E-state index is 12.0. The molecule has 0 bridgehead atoms. The molecule has 1 aliphatic heterocycles. The first kappa shape index (κ1) is 18.8. The molecule has 2 N–H and O–H groups in total. The molecule has 7 nitrogen and oxygen atoms in total. The summed E-state index contributed by atoms with van der Waals surface area (Å²) in [4.78, 5) is 12.0. The molecule has 1 fully saturated rings. The molecule has 1 amide bonds. The largest absolute Gasteiger partial charge is 0.385 e. The molecule has 0 spiro atoms. The predicted octanol–water partition coefficient (Wildman–Crippen LogP) is 0.918. The molecule has 1 aromatic carbocycles. The van der Waals surface area contributed by atoms with Crippen LogP contribution in [0.15, 0.2) is 30.3 Å². The summed E-state index contributed by atoms with van der Waals surface area (Å²) >= 11 is 0. The first-order valence-electron chi connectivity index (χ1n) is 7.86. The Morgan fingerprint density at radius 2 is 1.96 bits per heavy atom. The first-order valence-corrected chi connectivity index (χ1v) is 7.86. The second-order valence-corrected chi connectivity index (χ2v) is 5.62. The lowest BCUT2D eigenvalue weighted by Crippen LogP contribution is -2.60. The predicted molar refractivity (Wildman–Crippen MR) is 86.4 cm³/mol. The molecule has 1 aromatic rings. The molecule has 0 aliphatic carbocycles. The van der Waals surface area contributed by atoms with Gasteiger partial charge in [-0.25, -0.2) is 0 Å². The second-order valence-electron chi connectivity index (χ2n) is 5.62. The smallest absolute Gasteiger partial charge is 0.251 e. The molecular formula is C17H25NO6. The number of hydrogen-bond donors (Lipinski definition) is 2. The SMILES string of the molecule is CO[C@H]1CC(OC)(OC)[C@H](O)[C@@H](CCNC(=O)c2ccccc2)O1. The lowest BCUT2D eigenvalue weighted by molar-refractivity contribution is -0.352. The van der Waals surface area contributed by atoms with E-state index in [0.29, 0.717) is 18.5 Å². The molecule has 0 aromatic heterocycles. The summed E-state index contributed by atoms with van der Waals surface area (Å²) in [6.45, 7) is 0.343. The molecule has 24 heavy (non-hydrogen) atoms. The third-order valence-corrected chi connectivity index (χ3v) is 4.28. The van der Waals surface area contributed by atoms with Crippen LogP contribution < -0.4 is 5.32 Å². The van der Waals surface area contributed by atoms with Crippen molar-refractivity contribution < 1.29 is 28.8 Å². The van der Waals surface area contributed by atoms with Gasteiger partial charge in [0.15, 0.2) is 6.29 Å². The summed E-state index contributed by atoms with van der Waals surface area (Å²) in [5.74, 6) is -1.36. The summed E-state index contributed by atoms with van der Waals surface area (Å²) in [6.07, 6.45) is -1.48. The summed E-state index contributed by atoms with van der Waals surface area (Å²) in [7, 11) is 4.46. The molecule has 0 radical (unpaired) electrons. The van der Waals surface area contributed by atoms with Crippen LogP contribution >= 0.6 is 0 Å². The molecule has 1 heterocycles. The lowest BCUT2D eigenvalue weighted by Gasteiger charge is -2.45. The maximum Gasteiger partial charge on any atom is 0.251 e. The molecule has 1 saturated heterocycles. The van der Waals surface area contributed by atoms with Crippen LogP contribution in [0.1, 0.15) is 23.2 Å². The van der Waals surface area contributed by atoms with Crippen LogP contribution in [-0.4, -0.2) is 63.2 Å². The monoisotopic (exact) mass is 339 g/mol. The van der Waals surface area contributed by atoms with Gasteiger partial charge in [0.2, 0.25) is 5.79 Å². The van der Waals surface area contributed by atoms with E-state index in [9.17, 15) is 9.90 Å². The highest BCUT2D eigenvalue weighted by atomic mass is 16.7. The normalized spacial score (nSPS) is 26.1. The Balaban J connectivity index is 1.94. The number of amides is 1. The van der Waals surface area contributed by atoms with Crippen LogP contribution in [0.3, 0.4) is 0 Å². The number of methoxy groups -OCH3 is 3. The highest BCUT2D eigenvalue weighted by Crippen LogP contribution is 2.34. The van der Waals surface area contributed by atoms with Crippen LogP contribution in [0.2, 0.25) is 0 Å². The average molecular weight is 339 g/mol. The number of aliphatic hydroxyl groups is 1. The number of aliphatic hydroxyl groups excluding tert-OH is 1. The Bertz CT molecular complexity index is 519. The third-order valence-electron chi connectivity index (χ3n) is 4.28. The van der Waals surface area contributed by atoms with Crippen molar-refractivity contribution in [1.29, 1.82) is 0 Å². The lowest BCUT2D eigenvalue weighted by atomic mass is 9.95. The van der Waals surface area contributed by atoms with Gasteiger partial charge in [-0.2, -0.15) is 0 Å². The quantitative estimate of drug-likeness (QED) is 0.719. The zero-order valence-corrected chi connectivity index (χ0v) is 14.2. The van der Waals surface area contributed by atoms with Crippen LogP contribution in [0.25, 0.3) is 0 Å². The fourth-order valence-corrected chi connectivity index (χ4v) is 2.83. The second kappa shape index (κ2) is 8.55. The van der Waals surface area contributed by atoms with Crippen molar-refractivity contribution in [1.82, 2.24) is 5.32 Å². The number of nitrogens with one attached hydrogen (secondary N) is 1. The minimum atomic E-state index is -1.19. The van der Waals surface area contributed by atoms with E-state index >= 15 is 0 Å². The summed E-state index contributed by atoms with van der Waals surface area (Å²) < 4.78 is 21.7. The highest BCUT2D eigenvalue weighted by Gasteiger charge is 2.50. The van der Waals surface area contributed by atoms with Gasteiger partial charge in [0.1, 0.15) is 6.10 Å². The zero-order valence-electron chi connectivity index (χ0n) is 14.2. The number of hydrogen-bond acceptors (Lipinski definition) is 6. The van der Waals surface area contributed by atoms with Crippen LogP contribution in [-0.2, 0) is 18.9 Å². The van der Waals surface area contributed by atoms with E-state index in [0.717, 1.165) is 0 Å².